The van der Waals surface area contributed by atoms with Gasteiger partial charge in [-0.1, -0.05) is 36.4 Å². The molecule has 0 saturated heterocycles. The van der Waals surface area contributed by atoms with Crippen LogP contribution in [0.1, 0.15) is 16.2 Å². The fourth-order valence-corrected chi connectivity index (χ4v) is 2.55. The van der Waals surface area contributed by atoms with E-state index in [0.717, 1.165) is 16.9 Å². The number of rotatable bonds is 6. The monoisotopic (exact) mass is 348 g/mol. The third-order valence-electron chi connectivity index (χ3n) is 3.70. The van der Waals surface area contributed by atoms with Crippen molar-refractivity contribution < 1.29 is 9.90 Å². The maximum Gasteiger partial charge on any atom is 0.251 e. The van der Waals surface area contributed by atoms with E-state index in [-0.39, 0.29) is 19.1 Å². The van der Waals surface area contributed by atoms with Crippen LogP contribution in [0.3, 0.4) is 0 Å². The highest BCUT2D eigenvalue weighted by atomic mass is 16.3. The third-order valence-corrected chi connectivity index (χ3v) is 3.70. The van der Waals surface area contributed by atoms with Gasteiger partial charge < -0.3 is 15.7 Å². The number of nitrogens with zero attached hydrogens (tertiary/aromatic N) is 2. The molecule has 1 amide bonds. The summed E-state index contributed by atoms with van der Waals surface area (Å²) in [7, 11) is 0. The molecular weight excluding hydrogens is 328 g/mol. The van der Waals surface area contributed by atoms with Gasteiger partial charge in [0, 0.05) is 29.4 Å². The Morgan fingerprint density at radius 3 is 2.62 bits per heavy atom. The normalized spacial score (nSPS) is 10.4. The zero-order valence-electron chi connectivity index (χ0n) is 14.4. The molecule has 132 valence electrons. The molecule has 3 aromatic rings. The summed E-state index contributed by atoms with van der Waals surface area (Å²) in [6, 6.07) is 18.9. The smallest absolute Gasteiger partial charge is 0.251 e. The lowest BCUT2D eigenvalue weighted by Gasteiger charge is -2.10. The van der Waals surface area contributed by atoms with Gasteiger partial charge in [-0.05, 0) is 25.1 Å². The first-order chi connectivity index (χ1) is 12.7. The molecule has 0 radical (unpaired) electrons. The Hall–Kier alpha value is -3.25. The van der Waals surface area contributed by atoms with Gasteiger partial charge in [0.1, 0.15) is 11.6 Å². The Morgan fingerprint density at radius 1 is 1.04 bits per heavy atom. The fourth-order valence-electron chi connectivity index (χ4n) is 2.55. The van der Waals surface area contributed by atoms with E-state index in [9.17, 15) is 4.79 Å². The van der Waals surface area contributed by atoms with Crippen molar-refractivity contribution in [1.82, 2.24) is 15.3 Å². The van der Waals surface area contributed by atoms with Crippen molar-refractivity contribution in [3.8, 4) is 11.3 Å². The minimum atomic E-state index is -0.230. The van der Waals surface area contributed by atoms with Crippen molar-refractivity contribution in [2.75, 3.05) is 18.5 Å². The third kappa shape index (κ3) is 4.43. The first-order valence-corrected chi connectivity index (χ1v) is 8.33. The van der Waals surface area contributed by atoms with Crippen molar-refractivity contribution in [3.05, 3.63) is 72.1 Å². The van der Waals surface area contributed by atoms with Crippen molar-refractivity contribution in [2.45, 2.75) is 6.92 Å². The van der Waals surface area contributed by atoms with E-state index in [1.54, 1.807) is 18.2 Å². The molecule has 2 aromatic carbocycles. The van der Waals surface area contributed by atoms with E-state index < -0.39 is 0 Å². The van der Waals surface area contributed by atoms with Crippen molar-refractivity contribution in [2.24, 2.45) is 0 Å². The number of aromatic nitrogens is 2. The van der Waals surface area contributed by atoms with Crippen LogP contribution in [0.25, 0.3) is 11.3 Å². The van der Waals surface area contributed by atoms with Crippen LogP contribution in [-0.4, -0.2) is 34.1 Å². The molecule has 1 heterocycles. The van der Waals surface area contributed by atoms with Crippen LogP contribution in [0, 0.1) is 6.92 Å². The van der Waals surface area contributed by atoms with Crippen LogP contribution in [-0.2, 0) is 0 Å². The summed E-state index contributed by atoms with van der Waals surface area (Å²) in [4.78, 5) is 20.9. The van der Waals surface area contributed by atoms with Gasteiger partial charge in [0.05, 0.1) is 12.3 Å². The van der Waals surface area contributed by atoms with Gasteiger partial charge in [0.2, 0.25) is 0 Å². The highest BCUT2D eigenvalue weighted by Crippen LogP contribution is 2.22. The summed E-state index contributed by atoms with van der Waals surface area (Å²) in [5.41, 5.74) is 3.10. The largest absolute Gasteiger partial charge is 0.395 e. The van der Waals surface area contributed by atoms with E-state index in [2.05, 4.69) is 20.6 Å². The lowest BCUT2D eigenvalue weighted by Crippen LogP contribution is -2.26. The lowest BCUT2D eigenvalue weighted by molar-refractivity contribution is 0.0945. The quantitative estimate of drug-likeness (QED) is 0.637. The maximum atomic E-state index is 12.0. The predicted octanol–water partition coefficient (Wildman–Crippen LogP) is 2.92. The van der Waals surface area contributed by atoms with Crippen LogP contribution >= 0.6 is 0 Å². The Labute approximate surface area is 152 Å². The van der Waals surface area contributed by atoms with Crippen LogP contribution in [0.5, 0.6) is 0 Å². The molecule has 1 aromatic heterocycles. The number of benzene rings is 2. The van der Waals surface area contributed by atoms with Gasteiger partial charge in [-0.3, -0.25) is 4.79 Å². The average Bonchev–Trinajstić information content (AvgIpc) is 2.66. The second kappa shape index (κ2) is 8.22. The number of nitrogens with one attached hydrogen (secondary N) is 2. The van der Waals surface area contributed by atoms with E-state index >= 15 is 0 Å². The molecule has 0 aliphatic carbocycles. The number of carbonyl (C=O) groups is 1. The molecule has 0 fully saturated rings. The predicted molar refractivity (Wildman–Crippen MR) is 101 cm³/mol. The first-order valence-electron chi connectivity index (χ1n) is 8.33. The average molecular weight is 348 g/mol. The summed E-state index contributed by atoms with van der Waals surface area (Å²) in [5.74, 6) is 1.08. The number of carbonyl (C=O) groups excluding carboxylic acids is 1. The molecule has 6 heteroatoms. The summed E-state index contributed by atoms with van der Waals surface area (Å²) < 4.78 is 0. The molecule has 26 heavy (non-hydrogen) atoms. The van der Waals surface area contributed by atoms with E-state index in [1.807, 2.05) is 49.4 Å². The Kier molecular flexibility index (Phi) is 5.56. The number of aliphatic hydroxyl groups is 1. The second-order valence-corrected chi connectivity index (χ2v) is 5.74. The zero-order valence-corrected chi connectivity index (χ0v) is 14.4. The molecule has 0 atom stereocenters. The SMILES string of the molecule is Cc1nc(Nc2cccc(C(=O)NCCO)c2)cc(-c2ccccc2)n1. The molecule has 0 aliphatic rings. The minimum absolute atomic E-state index is 0.0911. The standard InChI is InChI=1S/C20H20N4O2/c1-14-22-18(15-6-3-2-4-7-15)13-19(23-14)24-17-9-5-8-16(12-17)20(26)21-10-11-25/h2-9,12-13,25H,10-11H2,1H3,(H,21,26)(H,22,23,24). The number of hydrogen-bond acceptors (Lipinski definition) is 5. The number of aliphatic hydroxyl groups excluding tert-OH is 1. The van der Waals surface area contributed by atoms with Gasteiger partial charge >= 0.3 is 0 Å². The van der Waals surface area contributed by atoms with Gasteiger partial charge in [0.15, 0.2) is 0 Å². The summed E-state index contributed by atoms with van der Waals surface area (Å²) in [6.07, 6.45) is 0. The molecule has 6 nitrogen and oxygen atoms in total. The maximum absolute atomic E-state index is 12.0. The van der Waals surface area contributed by atoms with Crippen molar-refractivity contribution in [1.29, 1.82) is 0 Å². The summed E-state index contributed by atoms with van der Waals surface area (Å²) in [5, 5.41) is 14.7. The minimum Gasteiger partial charge on any atom is -0.395 e. The molecule has 3 N–H and O–H groups in total. The lowest BCUT2D eigenvalue weighted by atomic mass is 10.1. The van der Waals surface area contributed by atoms with Crippen molar-refractivity contribution >= 4 is 17.4 Å². The van der Waals surface area contributed by atoms with Crippen LogP contribution in [0.15, 0.2) is 60.7 Å². The van der Waals surface area contributed by atoms with E-state index in [4.69, 9.17) is 5.11 Å². The van der Waals surface area contributed by atoms with Crippen LogP contribution in [0.2, 0.25) is 0 Å². The molecular formula is C20H20N4O2. The van der Waals surface area contributed by atoms with E-state index in [0.29, 0.717) is 17.2 Å². The van der Waals surface area contributed by atoms with Gasteiger partial charge in [-0.15, -0.1) is 0 Å². The Balaban J connectivity index is 1.83. The summed E-state index contributed by atoms with van der Waals surface area (Å²) in [6.45, 7) is 1.98. The zero-order chi connectivity index (χ0) is 18.4. The van der Waals surface area contributed by atoms with Gasteiger partial charge in [0.25, 0.3) is 5.91 Å². The molecule has 3 rings (SSSR count). The molecule has 0 unspecified atom stereocenters. The van der Waals surface area contributed by atoms with Crippen LogP contribution in [0.4, 0.5) is 11.5 Å². The van der Waals surface area contributed by atoms with Gasteiger partial charge in [-0.25, -0.2) is 9.97 Å². The number of aryl methyl sites for hydroxylation is 1. The first kappa shape index (κ1) is 17.6. The molecule has 0 spiro atoms. The molecule has 0 aliphatic heterocycles. The Morgan fingerprint density at radius 2 is 1.85 bits per heavy atom. The molecule has 0 bridgehead atoms. The fraction of sp³-hybridized carbons (Fsp3) is 0.150. The van der Waals surface area contributed by atoms with E-state index in [1.165, 1.54) is 0 Å². The number of anilines is 2. The number of amides is 1. The second-order valence-electron chi connectivity index (χ2n) is 5.74. The number of hydrogen-bond donors (Lipinski definition) is 3. The molecule has 0 saturated carbocycles. The topological polar surface area (TPSA) is 87.1 Å². The van der Waals surface area contributed by atoms with Gasteiger partial charge in [-0.2, -0.15) is 0 Å². The van der Waals surface area contributed by atoms with Crippen LogP contribution < -0.4 is 10.6 Å². The van der Waals surface area contributed by atoms with Crippen molar-refractivity contribution in [3.63, 3.8) is 0 Å². The Bertz CT molecular complexity index is 897. The highest BCUT2D eigenvalue weighted by Gasteiger charge is 2.08. The summed E-state index contributed by atoms with van der Waals surface area (Å²) >= 11 is 0. The highest BCUT2D eigenvalue weighted by molar-refractivity contribution is 5.95.